The summed E-state index contributed by atoms with van der Waals surface area (Å²) in [7, 11) is 0. The summed E-state index contributed by atoms with van der Waals surface area (Å²) >= 11 is 12.6. The molecular formula is C18H29Cl2N. The van der Waals surface area contributed by atoms with Crippen LogP contribution in [-0.2, 0) is 6.42 Å². The Labute approximate surface area is 140 Å². The van der Waals surface area contributed by atoms with Gasteiger partial charge < -0.3 is 5.32 Å². The molecule has 1 rings (SSSR count). The molecule has 1 aromatic carbocycles. The zero-order valence-corrected chi connectivity index (χ0v) is 15.5. The van der Waals surface area contributed by atoms with Gasteiger partial charge in [-0.15, -0.1) is 0 Å². The van der Waals surface area contributed by atoms with Gasteiger partial charge >= 0.3 is 0 Å². The van der Waals surface area contributed by atoms with Crippen molar-refractivity contribution in [3.05, 3.63) is 33.8 Å². The molecule has 0 aromatic heterocycles. The Bertz CT molecular complexity index is 417. The van der Waals surface area contributed by atoms with Crippen LogP contribution in [0.2, 0.25) is 10.0 Å². The van der Waals surface area contributed by atoms with Crippen molar-refractivity contribution in [2.75, 3.05) is 6.54 Å². The van der Waals surface area contributed by atoms with Gasteiger partial charge in [0, 0.05) is 16.1 Å². The van der Waals surface area contributed by atoms with Gasteiger partial charge in [-0.25, -0.2) is 0 Å². The molecule has 0 aliphatic heterocycles. The molecule has 0 spiro atoms. The average Bonchev–Trinajstić information content (AvgIpc) is 2.31. The molecule has 0 fully saturated rings. The van der Waals surface area contributed by atoms with Gasteiger partial charge in [0.1, 0.15) is 0 Å². The number of benzene rings is 1. The van der Waals surface area contributed by atoms with E-state index in [9.17, 15) is 0 Å². The smallest absolute Gasteiger partial charge is 0.0453 e. The van der Waals surface area contributed by atoms with Crippen LogP contribution in [0.1, 0.15) is 53.0 Å². The lowest BCUT2D eigenvalue weighted by molar-refractivity contribution is 0.275. The standard InChI is InChI=1S/C18H29Cl2N/c1-6-21-14(10-13(2)12-18(3,4)5)11-15-16(19)8-7-9-17(15)20/h7-9,13-14,21H,6,10-12H2,1-5H3. The van der Waals surface area contributed by atoms with E-state index in [1.54, 1.807) is 0 Å². The minimum Gasteiger partial charge on any atom is -0.314 e. The minimum atomic E-state index is 0.373. The molecule has 3 heteroatoms. The number of halogens is 2. The Morgan fingerprint density at radius 2 is 1.71 bits per heavy atom. The topological polar surface area (TPSA) is 12.0 Å². The highest BCUT2D eigenvalue weighted by Crippen LogP contribution is 2.30. The highest BCUT2D eigenvalue weighted by Gasteiger charge is 2.20. The van der Waals surface area contributed by atoms with Crippen LogP contribution >= 0.6 is 23.2 Å². The fourth-order valence-electron chi connectivity index (χ4n) is 3.12. The summed E-state index contributed by atoms with van der Waals surface area (Å²) in [5.74, 6) is 0.676. The second-order valence-electron chi connectivity index (χ2n) is 7.26. The van der Waals surface area contributed by atoms with E-state index in [4.69, 9.17) is 23.2 Å². The van der Waals surface area contributed by atoms with Gasteiger partial charge in [0.15, 0.2) is 0 Å². The van der Waals surface area contributed by atoms with Crippen LogP contribution in [0.25, 0.3) is 0 Å². The molecule has 0 aliphatic rings. The molecule has 0 saturated heterocycles. The molecule has 0 amide bonds. The first-order chi connectivity index (χ1) is 9.73. The molecule has 0 saturated carbocycles. The molecule has 21 heavy (non-hydrogen) atoms. The van der Waals surface area contributed by atoms with Crippen LogP contribution in [0.4, 0.5) is 0 Å². The van der Waals surface area contributed by atoms with Gasteiger partial charge in [-0.1, -0.05) is 63.9 Å². The van der Waals surface area contributed by atoms with Crippen molar-refractivity contribution in [2.24, 2.45) is 11.3 Å². The van der Waals surface area contributed by atoms with Crippen molar-refractivity contribution in [3.63, 3.8) is 0 Å². The molecule has 1 N–H and O–H groups in total. The molecular weight excluding hydrogens is 301 g/mol. The maximum Gasteiger partial charge on any atom is 0.0453 e. The zero-order valence-electron chi connectivity index (χ0n) is 14.0. The third-order valence-corrected chi connectivity index (χ3v) is 4.36. The lowest BCUT2D eigenvalue weighted by atomic mass is 9.82. The lowest BCUT2D eigenvalue weighted by Crippen LogP contribution is -2.33. The predicted molar refractivity (Wildman–Crippen MR) is 95.5 cm³/mol. The van der Waals surface area contributed by atoms with Crippen molar-refractivity contribution in [1.29, 1.82) is 0 Å². The first-order valence-corrected chi connectivity index (χ1v) is 8.64. The summed E-state index contributed by atoms with van der Waals surface area (Å²) in [5.41, 5.74) is 1.44. The molecule has 0 radical (unpaired) electrons. The van der Waals surface area contributed by atoms with E-state index in [-0.39, 0.29) is 0 Å². The number of likely N-dealkylation sites (N-methyl/N-ethyl adjacent to an activating group) is 1. The van der Waals surface area contributed by atoms with E-state index in [1.807, 2.05) is 18.2 Å². The van der Waals surface area contributed by atoms with Gasteiger partial charge in [-0.2, -0.15) is 0 Å². The SMILES string of the molecule is CCNC(Cc1c(Cl)cccc1Cl)CC(C)CC(C)(C)C. The Kier molecular flexibility index (Phi) is 7.53. The fourth-order valence-corrected chi connectivity index (χ4v) is 3.67. The summed E-state index contributed by atoms with van der Waals surface area (Å²) in [6, 6.07) is 6.16. The Morgan fingerprint density at radius 1 is 1.14 bits per heavy atom. The Morgan fingerprint density at radius 3 is 2.19 bits per heavy atom. The second-order valence-corrected chi connectivity index (χ2v) is 8.08. The van der Waals surface area contributed by atoms with E-state index >= 15 is 0 Å². The highest BCUT2D eigenvalue weighted by molar-refractivity contribution is 6.36. The first-order valence-electron chi connectivity index (χ1n) is 7.89. The van der Waals surface area contributed by atoms with Crippen molar-refractivity contribution >= 4 is 23.2 Å². The van der Waals surface area contributed by atoms with Gasteiger partial charge in [0.2, 0.25) is 0 Å². The van der Waals surface area contributed by atoms with Crippen molar-refractivity contribution in [3.8, 4) is 0 Å². The van der Waals surface area contributed by atoms with E-state index in [0.717, 1.165) is 35.0 Å². The second kappa shape index (κ2) is 8.41. The third kappa shape index (κ3) is 7.04. The molecule has 1 nitrogen and oxygen atoms in total. The summed E-state index contributed by atoms with van der Waals surface area (Å²) in [6.07, 6.45) is 3.26. The number of rotatable bonds is 7. The molecule has 0 aliphatic carbocycles. The number of hydrogen-bond acceptors (Lipinski definition) is 1. The summed E-state index contributed by atoms with van der Waals surface area (Å²) < 4.78 is 0. The lowest BCUT2D eigenvalue weighted by Gasteiger charge is -2.27. The zero-order chi connectivity index (χ0) is 16.0. The molecule has 1 aromatic rings. The Balaban J connectivity index is 2.74. The monoisotopic (exact) mass is 329 g/mol. The summed E-state index contributed by atoms with van der Waals surface area (Å²) in [4.78, 5) is 0. The minimum absolute atomic E-state index is 0.373. The van der Waals surface area contributed by atoms with Crippen molar-refractivity contribution in [2.45, 2.75) is 59.9 Å². The number of nitrogens with one attached hydrogen (secondary N) is 1. The van der Waals surface area contributed by atoms with Crippen LogP contribution in [-0.4, -0.2) is 12.6 Å². The maximum atomic E-state index is 6.30. The van der Waals surface area contributed by atoms with Crippen molar-refractivity contribution in [1.82, 2.24) is 5.32 Å². The fraction of sp³-hybridized carbons (Fsp3) is 0.667. The summed E-state index contributed by atoms with van der Waals surface area (Å²) in [5, 5.41) is 5.13. The molecule has 0 bridgehead atoms. The van der Waals surface area contributed by atoms with E-state index in [2.05, 4.69) is 39.9 Å². The molecule has 2 atom stereocenters. The molecule has 0 heterocycles. The third-order valence-electron chi connectivity index (χ3n) is 3.65. The van der Waals surface area contributed by atoms with Gasteiger partial charge in [0.05, 0.1) is 0 Å². The largest absolute Gasteiger partial charge is 0.314 e. The molecule has 2 unspecified atom stereocenters. The van der Waals surface area contributed by atoms with Crippen LogP contribution in [0.5, 0.6) is 0 Å². The average molecular weight is 330 g/mol. The van der Waals surface area contributed by atoms with Crippen LogP contribution in [0.15, 0.2) is 18.2 Å². The van der Waals surface area contributed by atoms with Crippen molar-refractivity contribution < 1.29 is 0 Å². The van der Waals surface area contributed by atoms with Gasteiger partial charge in [-0.05, 0) is 54.8 Å². The van der Waals surface area contributed by atoms with E-state index < -0.39 is 0 Å². The summed E-state index contributed by atoms with van der Waals surface area (Å²) in [6.45, 7) is 12.4. The normalized spacial score (nSPS) is 15.0. The molecule has 120 valence electrons. The number of hydrogen-bond donors (Lipinski definition) is 1. The van der Waals surface area contributed by atoms with Crippen LogP contribution in [0.3, 0.4) is 0 Å². The quantitative estimate of drug-likeness (QED) is 0.649. The maximum absolute atomic E-state index is 6.30. The Hall–Kier alpha value is -0.240. The van der Waals surface area contributed by atoms with E-state index in [0.29, 0.717) is 17.4 Å². The highest BCUT2D eigenvalue weighted by atomic mass is 35.5. The van der Waals surface area contributed by atoms with Crippen LogP contribution < -0.4 is 5.32 Å². The predicted octanol–water partition coefficient (Wildman–Crippen LogP) is 5.98. The van der Waals surface area contributed by atoms with Crippen LogP contribution in [0, 0.1) is 11.3 Å². The van der Waals surface area contributed by atoms with E-state index in [1.165, 1.54) is 6.42 Å². The van der Waals surface area contributed by atoms with Gasteiger partial charge in [-0.3, -0.25) is 0 Å². The van der Waals surface area contributed by atoms with Gasteiger partial charge in [0.25, 0.3) is 0 Å². The first kappa shape index (κ1) is 18.8.